The van der Waals surface area contributed by atoms with Gasteiger partial charge in [0.1, 0.15) is 0 Å². The van der Waals surface area contributed by atoms with E-state index in [0.29, 0.717) is 30.4 Å². The van der Waals surface area contributed by atoms with Crippen molar-refractivity contribution in [1.29, 1.82) is 0 Å². The minimum atomic E-state index is 0.00830. The molecule has 0 N–H and O–H groups in total. The van der Waals surface area contributed by atoms with E-state index in [1.54, 1.807) is 6.92 Å². The molecule has 27 heavy (non-hydrogen) atoms. The highest BCUT2D eigenvalue weighted by Gasteiger charge is 2.17. The smallest absolute Gasteiger partial charge is 0.257 e. The van der Waals surface area contributed by atoms with Crippen LogP contribution in [0.15, 0.2) is 59.1 Å². The zero-order chi connectivity index (χ0) is 19.2. The van der Waals surface area contributed by atoms with Crippen LogP contribution in [0.2, 0.25) is 0 Å². The molecule has 2 aromatic carbocycles. The molecule has 0 radical (unpaired) electrons. The van der Waals surface area contributed by atoms with Gasteiger partial charge in [-0.2, -0.15) is 4.98 Å². The molecule has 0 aliphatic heterocycles. The van der Waals surface area contributed by atoms with Gasteiger partial charge < -0.3 is 14.3 Å². The van der Waals surface area contributed by atoms with E-state index in [-0.39, 0.29) is 5.91 Å². The fourth-order valence-corrected chi connectivity index (χ4v) is 2.73. The fraction of sp³-hybridized carbons (Fsp3) is 0.286. The summed E-state index contributed by atoms with van der Waals surface area (Å²) in [5.74, 6) is 1.05. The summed E-state index contributed by atoms with van der Waals surface area (Å²) in [7, 11) is 4.01. The lowest BCUT2D eigenvalue weighted by Crippen LogP contribution is -2.36. The molecule has 0 spiro atoms. The first-order valence-electron chi connectivity index (χ1n) is 8.91. The van der Waals surface area contributed by atoms with Crippen LogP contribution >= 0.6 is 0 Å². The molecule has 3 aromatic rings. The van der Waals surface area contributed by atoms with Crippen LogP contribution in [-0.4, -0.2) is 53.0 Å². The molecule has 1 aromatic heterocycles. The molecule has 140 valence electrons. The number of carbonyl (C=O) groups is 1. The van der Waals surface area contributed by atoms with E-state index in [1.807, 2.05) is 73.6 Å². The average molecular weight is 364 g/mol. The van der Waals surface area contributed by atoms with Crippen molar-refractivity contribution in [3.05, 3.63) is 71.5 Å². The maximum Gasteiger partial charge on any atom is 0.257 e. The largest absolute Gasteiger partial charge is 0.334 e. The van der Waals surface area contributed by atoms with Crippen LogP contribution in [0.1, 0.15) is 21.7 Å². The van der Waals surface area contributed by atoms with Crippen molar-refractivity contribution in [2.75, 3.05) is 27.2 Å². The second-order valence-electron chi connectivity index (χ2n) is 6.74. The molecule has 0 aliphatic rings. The molecule has 0 unspecified atom stereocenters. The highest BCUT2D eigenvalue weighted by atomic mass is 16.5. The first kappa shape index (κ1) is 18.8. The van der Waals surface area contributed by atoms with Crippen molar-refractivity contribution in [2.45, 2.75) is 13.5 Å². The second kappa shape index (κ2) is 8.60. The van der Waals surface area contributed by atoms with E-state index in [2.05, 4.69) is 15.0 Å². The van der Waals surface area contributed by atoms with Crippen molar-refractivity contribution < 1.29 is 9.32 Å². The van der Waals surface area contributed by atoms with Crippen molar-refractivity contribution in [3.63, 3.8) is 0 Å². The number of amides is 1. The molecule has 0 aliphatic carbocycles. The first-order valence-corrected chi connectivity index (χ1v) is 8.91. The Hall–Kier alpha value is -2.99. The number of likely N-dealkylation sites (N-methyl/N-ethyl adjacent to an activating group) is 1. The molecule has 6 heteroatoms. The molecule has 1 heterocycles. The number of benzene rings is 2. The fourth-order valence-electron chi connectivity index (χ4n) is 2.73. The minimum Gasteiger partial charge on any atom is -0.334 e. The van der Waals surface area contributed by atoms with E-state index < -0.39 is 0 Å². The Bertz CT molecular complexity index is 873. The monoisotopic (exact) mass is 364 g/mol. The molecular formula is C21H24N4O2. The Morgan fingerprint density at radius 3 is 2.30 bits per heavy atom. The van der Waals surface area contributed by atoms with E-state index >= 15 is 0 Å². The summed E-state index contributed by atoms with van der Waals surface area (Å²) in [5.41, 5.74) is 2.56. The number of carbonyl (C=O) groups excluding carboxylic acids is 1. The van der Waals surface area contributed by atoms with Crippen molar-refractivity contribution in [1.82, 2.24) is 19.9 Å². The van der Waals surface area contributed by atoms with Crippen LogP contribution in [0.3, 0.4) is 0 Å². The summed E-state index contributed by atoms with van der Waals surface area (Å²) in [4.78, 5) is 21.2. The number of nitrogens with zero attached hydrogens (tertiary/aromatic N) is 4. The van der Waals surface area contributed by atoms with Crippen LogP contribution in [0.4, 0.5) is 0 Å². The van der Waals surface area contributed by atoms with Crippen LogP contribution in [0.5, 0.6) is 0 Å². The molecule has 0 fully saturated rings. The summed E-state index contributed by atoms with van der Waals surface area (Å²) in [6.45, 7) is 3.82. The maximum absolute atomic E-state index is 13.1. The molecule has 0 bridgehead atoms. The lowest BCUT2D eigenvalue weighted by Gasteiger charge is -2.25. The van der Waals surface area contributed by atoms with Crippen molar-refractivity contribution in [2.24, 2.45) is 0 Å². The third kappa shape index (κ3) is 5.01. The van der Waals surface area contributed by atoms with Gasteiger partial charge in [0, 0.05) is 30.8 Å². The zero-order valence-electron chi connectivity index (χ0n) is 15.9. The Kier molecular flexibility index (Phi) is 5.98. The Labute approximate surface area is 159 Å². The van der Waals surface area contributed by atoms with Gasteiger partial charge in [0.15, 0.2) is 5.82 Å². The van der Waals surface area contributed by atoms with Gasteiger partial charge in [0.2, 0.25) is 0 Å². The topological polar surface area (TPSA) is 62.5 Å². The average Bonchev–Trinajstić information content (AvgIpc) is 3.12. The quantitative estimate of drug-likeness (QED) is 0.644. The zero-order valence-corrected chi connectivity index (χ0v) is 15.9. The number of aryl methyl sites for hydroxylation is 1. The minimum absolute atomic E-state index is 0.00830. The number of aromatic nitrogens is 2. The van der Waals surface area contributed by atoms with Gasteiger partial charge in [-0.1, -0.05) is 35.5 Å². The standard InChI is InChI=1S/C21H24N4O2/c1-16-22-20(27-23-16)18-9-11-19(12-10-18)21(26)25(14-13-24(2)3)15-17-7-5-4-6-8-17/h4-12H,13-15H2,1-3H3. The molecule has 6 nitrogen and oxygen atoms in total. The van der Waals surface area contributed by atoms with Crippen LogP contribution in [0.25, 0.3) is 11.5 Å². The second-order valence-corrected chi connectivity index (χ2v) is 6.74. The first-order chi connectivity index (χ1) is 13.0. The van der Waals surface area contributed by atoms with Crippen molar-refractivity contribution >= 4 is 5.91 Å². The summed E-state index contributed by atoms with van der Waals surface area (Å²) in [6, 6.07) is 17.3. The molecule has 3 rings (SSSR count). The molecular weight excluding hydrogens is 340 g/mol. The van der Waals surface area contributed by atoms with Gasteiger partial charge in [-0.25, -0.2) is 0 Å². The molecule has 0 saturated carbocycles. The predicted octanol–water partition coefficient (Wildman–Crippen LogP) is 3.25. The van der Waals surface area contributed by atoms with Gasteiger partial charge in [-0.15, -0.1) is 0 Å². The number of rotatable bonds is 7. The summed E-state index contributed by atoms with van der Waals surface area (Å²) < 4.78 is 5.18. The van der Waals surface area contributed by atoms with Crippen LogP contribution in [0, 0.1) is 6.92 Å². The van der Waals surface area contributed by atoms with Gasteiger partial charge >= 0.3 is 0 Å². The normalized spacial score (nSPS) is 11.0. The Morgan fingerprint density at radius 1 is 1.00 bits per heavy atom. The predicted molar refractivity (Wildman–Crippen MR) is 104 cm³/mol. The van der Waals surface area contributed by atoms with E-state index in [0.717, 1.165) is 17.7 Å². The molecule has 0 saturated heterocycles. The van der Waals surface area contributed by atoms with Gasteiger partial charge in [-0.3, -0.25) is 4.79 Å². The van der Waals surface area contributed by atoms with Gasteiger partial charge in [-0.05, 0) is 50.8 Å². The summed E-state index contributed by atoms with van der Waals surface area (Å²) >= 11 is 0. The number of hydrogen-bond donors (Lipinski definition) is 0. The maximum atomic E-state index is 13.1. The van der Waals surface area contributed by atoms with Gasteiger partial charge in [0.25, 0.3) is 11.8 Å². The summed E-state index contributed by atoms with van der Waals surface area (Å²) in [6.07, 6.45) is 0. The third-order valence-electron chi connectivity index (χ3n) is 4.23. The van der Waals surface area contributed by atoms with E-state index in [4.69, 9.17) is 4.52 Å². The Morgan fingerprint density at radius 2 is 1.70 bits per heavy atom. The van der Waals surface area contributed by atoms with E-state index in [1.165, 1.54) is 0 Å². The number of hydrogen-bond acceptors (Lipinski definition) is 5. The molecule has 1 amide bonds. The SMILES string of the molecule is Cc1noc(-c2ccc(C(=O)N(CCN(C)C)Cc3ccccc3)cc2)n1. The van der Waals surface area contributed by atoms with Crippen LogP contribution in [-0.2, 0) is 6.54 Å². The summed E-state index contributed by atoms with van der Waals surface area (Å²) in [5, 5.41) is 3.80. The van der Waals surface area contributed by atoms with Crippen LogP contribution < -0.4 is 0 Å². The van der Waals surface area contributed by atoms with Crippen molar-refractivity contribution in [3.8, 4) is 11.5 Å². The lowest BCUT2D eigenvalue weighted by atomic mass is 10.1. The molecule has 0 atom stereocenters. The van der Waals surface area contributed by atoms with Gasteiger partial charge in [0.05, 0.1) is 0 Å². The lowest BCUT2D eigenvalue weighted by molar-refractivity contribution is 0.0732. The highest BCUT2D eigenvalue weighted by molar-refractivity contribution is 5.94. The third-order valence-corrected chi connectivity index (χ3v) is 4.23. The van der Waals surface area contributed by atoms with E-state index in [9.17, 15) is 4.79 Å². The Balaban J connectivity index is 1.77. The highest BCUT2D eigenvalue weighted by Crippen LogP contribution is 2.19.